The molecule has 20 heavy (non-hydrogen) atoms. The monoisotopic (exact) mass is 279 g/mol. The summed E-state index contributed by atoms with van der Waals surface area (Å²) in [7, 11) is 1.71. The second-order valence-corrected chi connectivity index (χ2v) is 5.48. The first-order chi connectivity index (χ1) is 9.39. The molecule has 1 unspecified atom stereocenters. The summed E-state index contributed by atoms with van der Waals surface area (Å²) in [5.74, 6) is -0.297. The van der Waals surface area contributed by atoms with Crippen LogP contribution in [0.1, 0.15) is 44.5 Å². The molecule has 0 aromatic heterocycles. The number of benzene rings is 1. The molecule has 0 aliphatic carbocycles. The Labute approximate surface area is 121 Å². The summed E-state index contributed by atoms with van der Waals surface area (Å²) in [6, 6.07) is 7.58. The molecule has 0 amide bonds. The molecular formula is C16H25NO3. The predicted molar refractivity (Wildman–Crippen MR) is 81.2 cm³/mol. The molecule has 1 aromatic carbocycles. The van der Waals surface area contributed by atoms with Crippen LogP contribution in [0.4, 0.5) is 5.69 Å². The smallest absolute Gasteiger partial charge is 0.340 e. The van der Waals surface area contributed by atoms with Crippen LogP contribution in [0, 0.1) is 0 Å². The van der Waals surface area contributed by atoms with Crippen molar-refractivity contribution in [2.45, 2.75) is 45.8 Å². The Bertz CT molecular complexity index is 443. The highest BCUT2D eigenvalue weighted by molar-refractivity contribution is 5.95. The van der Waals surface area contributed by atoms with Crippen LogP contribution in [0.15, 0.2) is 24.3 Å². The molecule has 0 fully saturated rings. The Morgan fingerprint density at radius 2 is 2.00 bits per heavy atom. The molecule has 0 radical (unpaired) electrons. The molecule has 0 heterocycles. The third-order valence-corrected chi connectivity index (χ3v) is 3.17. The first-order valence-corrected chi connectivity index (χ1v) is 6.97. The molecule has 4 nitrogen and oxygen atoms in total. The van der Waals surface area contributed by atoms with Gasteiger partial charge in [0.15, 0.2) is 0 Å². The number of nitrogens with one attached hydrogen (secondary N) is 1. The fraction of sp³-hybridized carbons (Fsp3) is 0.562. The van der Waals surface area contributed by atoms with Crippen molar-refractivity contribution in [2.24, 2.45) is 0 Å². The first-order valence-electron chi connectivity index (χ1n) is 6.97. The number of carbonyl (C=O) groups is 1. The van der Waals surface area contributed by atoms with Gasteiger partial charge in [0.1, 0.15) is 0 Å². The quantitative estimate of drug-likeness (QED) is 0.776. The normalized spacial score (nSPS) is 12.8. The zero-order valence-electron chi connectivity index (χ0n) is 13.0. The molecule has 1 aromatic rings. The molecule has 112 valence electrons. The third kappa shape index (κ3) is 4.85. The molecule has 1 atom stereocenters. The van der Waals surface area contributed by atoms with E-state index in [9.17, 15) is 4.79 Å². The van der Waals surface area contributed by atoms with Crippen molar-refractivity contribution in [3.63, 3.8) is 0 Å². The molecule has 0 saturated carbocycles. The lowest BCUT2D eigenvalue weighted by Crippen LogP contribution is -2.31. The van der Waals surface area contributed by atoms with Crippen LogP contribution < -0.4 is 5.32 Å². The molecule has 0 aliphatic rings. The average Bonchev–Trinajstić information content (AvgIpc) is 2.39. The van der Waals surface area contributed by atoms with Crippen LogP contribution in [0.5, 0.6) is 0 Å². The van der Waals surface area contributed by atoms with E-state index in [0.29, 0.717) is 12.2 Å². The standard InChI is InChI=1S/C16H25NO3/c1-6-20-15(18)13-9-7-8-10-14(13)17-12(2)11-16(3,4)19-5/h7-10,12,17H,6,11H2,1-5H3. The SMILES string of the molecule is CCOC(=O)c1ccccc1NC(C)CC(C)(C)OC. The number of esters is 1. The van der Waals surface area contributed by atoms with Crippen LogP contribution in [0.3, 0.4) is 0 Å². The number of hydrogen-bond acceptors (Lipinski definition) is 4. The van der Waals surface area contributed by atoms with Gasteiger partial charge in [0.2, 0.25) is 0 Å². The molecule has 4 heteroatoms. The van der Waals surface area contributed by atoms with Gasteiger partial charge < -0.3 is 14.8 Å². The van der Waals surface area contributed by atoms with Crippen LogP contribution >= 0.6 is 0 Å². The molecule has 0 aliphatic heterocycles. The highest BCUT2D eigenvalue weighted by atomic mass is 16.5. The second-order valence-electron chi connectivity index (χ2n) is 5.48. The summed E-state index contributed by atoms with van der Waals surface area (Å²) in [4.78, 5) is 11.9. The van der Waals surface area contributed by atoms with Crippen molar-refractivity contribution in [1.29, 1.82) is 0 Å². The van der Waals surface area contributed by atoms with Crippen molar-refractivity contribution in [3.05, 3.63) is 29.8 Å². The van der Waals surface area contributed by atoms with Gasteiger partial charge in [0.25, 0.3) is 0 Å². The highest BCUT2D eigenvalue weighted by Crippen LogP contribution is 2.21. The number of hydrogen-bond donors (Lipinski definition) is 1. The summed E-state index contributed by atoms with van der Waals surface area (Å²) in [6.45, 7) is 8.34. The van der Waals surface area contributed by atoms with E-state index in [-0.39, 0.29) is 17.6 Å². The Kier molecular flexibility index (Phi) is 6.02. The molecule has 0 spiro atoms. The minimum atomic E-state index is -0.297. The van der Waals surface area contributed by atoms with Gasteiger partial charge >= 0.3 is 5.97 Å². The largest absolute Gasteiger partial charge is 0.462 e. The van der Waals surface area contributed by atoms with Gasteiger partial charge in [-0.05, 0) is 46.2 Å². The van der Waals surface area contributed by atoms with Crippen LogP contribution in [0.25, 0.3) is 0 Å². The highest BCUT2D eigenvalue weighted by Gasteiger charge is 2.21. The van der Waals surface area contributed by atoms with E-state index in [4.69, 9.17) is 9.47 Å². The maximum atomic E-state index is 11.9. The van der Waals surface area contributed by atoms with Gasteiger partial charge in [-0.15, -0.1) is 0 Å². The van der Waals surface area contributed by atoms with Gasteiger partial charge in [-0.2, -0.15) is 0 Å². The minimum Gasteiger partial charge on any atom is -0.462 e. The van der Waals surface area contributed by atoms with E-state index in [1.54, 1.807) is 20.1 Å². The van der Waals surface area contributed by atoms with E-state index < -0.39 is 0 Å². The number of ether oxygens (including phenoxy) is 2. The topological polar surface area (TPSA) is 47.6 Å². The number of rotatable bonds is 7. The maximum absolute atomic E-state index is 11.9. The van der Waals surface area contributed by atoms with E-state index in [0.717, 1.165) is 12.1 Å². The lowest BCUT2D eigenvalue weighted by atomic mass is 9.99. The van der Waals surface area contributed by atoms with Gasteiger partial charge in [0, 0.05) is 18.8 Å². The van der Waals surface area contributed by atoms with Crippen LogP contribution in [-0.2, 0) is 9.47 Å². The minimum absolute atomic E-state index is 0.181. The fourth-order valence-corrected chi connectivity index (χ4v) is 2.13. The van der Waals surface area contributed by atoms with E-state index in [1.807, 2.05) is 32.0 Å². The molecule has 0 bridgehead atoms. The fourth-order valence-electron chi connectivity index (χ4n) is 2.13. The van der Waals surface area contributed by atoms with Crippen molar-refractivity contribution < 1.29 is 14.3 Å². The molecular weight excluding hydrogens is 254 g/mol. The van der Waals surface area contributed by atoms with Crippen LogP contribution in [0.2, 0.25) is 0 Å². The van der Waals surface area contributed by atoms with Crippen molar-refractivity contribution >= 4 is 11.7 Å². The average molecular weight is 279 g/mol. The molecule has 1 rings (SSSR count). The summed E-state index contributed by atoms with van der Waals surface area (Å²) in [6.07, 6.45) is 0.834. The summed E-state index contributed by atoms with van der Waals surface area (Å²) in [5.41, 5.74) is 1.16. The number of carbonyl (C=O) groups excluding carboxylic acids is 1. The second kappa shape index (κ2) is 7.29. The van der Waals surface area contributed by atoms with Gasteiger partial charge in [-0.25, -0.2) is 4.79 Å². The van der Waals surface area contributed by atoms with Gasteiger partial charge in [0.05, 0.1) is 17.8 Å². The molecule has 0 saturated heterocycles. The molecule has 1 N–H and O–H groups in total. The zero-order valence-corrected chi connectivity index (χ0v) is 13.0. The van der Waals surface area contributed by atoms with Crippen LogP contribution in [-0.4, -0.2) is 31.3 Å². The summed E-state index contributed by atoms with van der Waals surface area (Å²) in [5, 5.41) is 3.36. The van der Waals surface area contributed by atoms with Crippen molar-refractivity contribution in [3.8, 4) is 0 Å². The van der Waals surface area contributed by atoms with E-state index >= 15 is 0 Å². The Morgan fingerprint density at radius 1 is 1.35 bits per heavy atom. The van der Waals surface area contributed by atoms with Crippen molar-refractivity contribution in [1.82, 2.24) is 0 Å². The van der Waals surface area contributed by atoms with E-state index in [2.05, 4.69) is 12.2 Å². The van der Waals surface area contributed by atoms with Crippen molar-refractivity contribution in [2.75, 3.05) is 19.0 Å². The first kappa shape index (κ1) is 16.5. The van der Waals surface area contributed by atoms with E-state index in [1.165, 1.54) is 0 Å². The maximum Gasteiger partial charge on any atom is 0.340 e. The predicted octanol–water partition coefficient (Wildman–Crippen LogP) is 3.48. The Morgan fingerprint density at radius 3 is 2.60 bits per heavy atom. The zero-order chi connectivity index (χ0) is 15.2. The Balaban J connectivity index is 2.79. The number of methoxy groups -OCH3 is 1. The summed E-state index contributed by atoms with van der Waals surface area (Å²) >= 11 is 0. The van der Waals surface area contributed by atoms with Gasteiger partial charge in [-0.3, -0.25) is 0 Å². The lowest BCUT2D eigenvalue weighted by Gasteiger charge is -2.28. The third-order valence-electron chi connectivity index (χ3n) is 3.17. The van der Waals surface area contributed by atoms with Gasteiger partial charge in [-0.1, -0.05) is 12.1 Å². The number of para-hydroxylation sites is 1. The Hall–Kier alpha value is -1.55. The lowest BCUT2D eigenvalue weighted by molar-refractivity contribution is 0.0128. The summed E-state index contributed by atoms with van der Waals surface area (Å²) < 4.78 is 10.5. The number of anilines is 1.